The van der Waals surface area contributed by atoms with E-state index in [4.69, 9.17) is 5.11 Å². The molecule has 20 heavy (non-hydrogen) atoms. The standard InChI is InChI=1S/C11H16N4O5/c1-6(7-4-12-13-5-7)14-11(19)15-8(10(17)18)3-9(16)20-2/h4-6,8H,3H2,1-2H3,(H,12,13)(H,17,18)(H2,14,15,19)/t6?,8-/m0/s1. The molecule has 110 valence electrons. The average molecular weight is 284 g/mol. The van der Waals surface area contributed by atoms with Crippen molar-refractivity contribution in [1.82, 2.24) is 20.8 Å². The Labute approximate surface area is 114 Å². The minimum Gasteiger partial charge on any atom is -0.480 e. The van der Waals surface area contributed by atoms with Gasteiger partial charge in [-0.15, -0.1) is 0 Å². The normalized spacial score (nSPS) is 13.1. The summed E-state index contributed by atoms with van der Waals surface area (Å²) >= 11 is 0. The molecule has 0 aliphatic rings. The van der Waals surface area contributed by atoms with E-state index in [0.717, 1.165) is 12.7 Å². The number of hydrogen-bond acceptors (Lipinski definition) is 5. The van der Waals surface area contributed by atoms with Gasteiger partial charge in [0.25, 0.3) is 0 Å². The molecular weight excluding hydrogens is 268 g/mol. The first-order valence-corrected chi connectivity index (χ1v) is 5.79. The topological polar surface area (TPSA) is 133 Å². The van der Waals surface area contributed by atoms with E-state index in [9.17, 15) is 14.4 Å². The van der Waals surface area contributed by atoms with Gasteiger partial charge in [-0.25, -0.2) is 9.59 Å². The quantitative estimate of drug-likeness (QED) is 0.534. The van der Waals surface area contributed by atoms with E-state index < -0.39 is 30.4 Å². The molecule has 0 saturated heterocycles. The van der Waals surface area contributed by atoms with Crippen molar-refractivity contribution in [3.05, 3.63) is 18.0 Å². The number of H-pyrrole nitrogens is 1. The number of esters is 1. The molecule has 0 radical (unpaired) electrons. The molecule has 0 spiro atoms. The number of carbonyl (C=O) groups is 3. The fourth-order valence-corrected chi connectivity index (χ4v) is 1.43. The van der Waals surface area contributed by atoms with Gasteiger partial charge < -0.3 is 20.5 Å². The molecule has 9 nitrogen and oxygen atoms in total. The summed E-state index contributed by atoms with van der Waals surface area (Å²) in [5.41, 5.74) is 0.736. The Kier molecular flexibility index (Phi) is 5.51. The molecule has 0 aliphatic heterocycles. The van der Waals surface area contributed by atoms with E-state index in [-0.39, 0.29) is 6.04 Å². The van der Waals surface area contributed by atoms with Gasteiger partial charge in [-0.1, -0.05) is 0 Å². The number of carboxylic acid groups (broad SMARTS) is 1. The number of methoxy groups -OCH3 is 1. The highest BCUT2D eigenvalue weighted by Gasteiger charge is 2.24. The highest BCUT2D eigenvalue weighted by molar-refractivity contribution is 5.86. The van der Waals surface area contributed by atoms with Gasteiger partial charge in [0.05, 0.1) is 25.8 Å². The Morgan fingerprint density at radius 1 is 1.45 bits per heavy atom. The molecule has 4 N–H and O–H groups in total. The number of urea groups is 1. The molecule has 1 aromatic rings. The largest absolute Gasteiger partial charge is 0.480 e. The number of carbonyl (C=O) groups excluding carboxylic acids is 2. The van der Waals surface area contributed by atoms with Crippen molar-refractivity contribution in [3.8, 4) is 0 Å². The zero-order valence-electron chi connectivity index (χ0n) is 11.0. The van der Waals surface area contributed by atoms with Crippen LogP contribution in [0.5, 0.6) is 0 Å². The molecule has 1 aromatic heterocycles. The SMILES string of the molecule is COC(=O)C[C@H](NC(=O)NC(C)c1cn[nH]c1)C(=O)O. The predicted octanol–water partition coefficient (Wildman–Crippen LogP) is -0.214. The number of aromatic nitrogens is 2. The third-order valence-corrected chi connectivity index (χ3v) is 2.57. The van der Waals surface area contributed by atoms with Crippen molar-refractivity contribution in [1.29, 1.82) is 0 Å². The predicted molar refractivity (Wildman–Crippen MR) is 66.7 cm³/mol. The van der Waals surface area contributed by atoms with Crippen molar-refractivity contribution >= 4 is 18.0 Å². The van der Waals surface area contributed by atoms with Crippen LogP contribution < -0.4 is 10.6 Å². The van der Waals surface area contributed by atoms with Gasteiger partial charge in [0, 0.05) is 11.8 Å². The maximum absolute atomic E-state index is 11.7. The molecule has 0 aromatic carbocycles. The van der Waals surface area contributed by atoms with Crippen LogP contribution in [0.25, 0.3) is 0 Å². The summed E-state index contributed by atoms with van der Waals surface area (Å²) in [6.45, 7) is 1.71. The molecule has 0 fully saturated rings. The number of nitrogens with zero attached hydrogens (tertiary/aromatic N) is 1. The highest BCUT2D eigenvalue weighted by Crippen LogP contribution is 2.08. The van der Waals surface area contributed by atoms with Crippen LogP contribution in [0.3, 0.4) is 0 Å². The van der Waals surface area contributed by atoms with Crippen LogP contribution >= 0.6 is 0 Å². The van der Waals surface area contributed by atoms with Gasteiger partial charge in [0.15, 0.2) is 0 Å². The number of ether oxygens (including phenoxy) is 1. The lowest BCUT2D eigenvalue weighted by atomic mass is 10.2. The average Bonchev–Trinajstić information content (AvgIpc) is 2.91. The lowest BCUT2D eigenvalue weighted by Crippen LogP contribution is -2.47. The van der Waals surface area contributed by atoms with E-state index in [1.54, 1.807) is 13.1 Å². The van der Waals surface area contributed by atoms with Crippen LogP contribution in [-0.2, 0) is 14.3 Å². The first-order chi connectivity index (χ1) is 9.43. The van der Waals surface area contributed by atoms with Gasteiger partial charge >= 0.3 is 18.0 Å². The second-order valence-electron chi connectivity index (χ2n) is 4.04. The zero-order chi connectivity index (χ0) is 15.1. The smallest absolute Gasteiger partial charge is 0.326 e. The summed E-state index contributed by atoms with van der Waals surface area (Å²) in [7, 11) is 1.14. The Hall–Kier alpha value is -2.58. The fraction of sp³-hybridized carbons (Fsp3) is 0.455. The Balaban J connectivity index is 2.53. The first-order valence-electron chi connectivity index (χ1n) is 5.79. The molecule has 1 heterocycles. The molecule has 9 heteroatoms. The molecule has 2 atom stereocenters. The summed E-state index contributed by atoms with van der Waals surface area (Å²) in [6.07, 6.45) is 2.70. The number of amides is 2. The van der Waals surface area contributed by atoms with Crippen LogP contribution in [0, 0.1) is 0 Å². The molecule has 1 unspecified atom stereocenters. The number of aromatic amines is 1. The number of hydrogen-bond donors (Lipinski definition) is 4. The Bertz CT molecular complexity index is 473. The number of aliphatic carboxylic acids is 1. The summed E-state index contributed by atoms with van der Waals surface area (Å²) in [4.78, 5) is 33.6. The number of rotatable bonds is 6. The van der Waals surface area contributed by atoms with Gasteiger partial charge in [0.2, 0.25) is 0 Å². The van der Waals surface area contributed by atoms with Crippen molar-refractivity contribution < 1.29 is 24.2 Å². The van der Waals surface area contributed by atoms with Crippen molar-refractivity contribution in [3.63, 3.8) is 0 Å². The maximum Gasteiger partial charge on any atom is 0.326 e. The van der Waals surface area contributed by atoms with Crippen LogP contribution in [0.2, 0.25) is 0 Å². The Morgan fingerprint density at radius 3 is 2.65 bits per heavy atom. The number of nitrogens with one attached hydrogen (secondary N) is 3. The molecule has 1 rings (SSSR count). The van der Waals surface area contributed by atoms with Crippen LogP contribution in [0.4, 0.5) is 4.79 Å². The lowest BCUT2D eigenvalue weighted by molar-refractivity contribution is -0.147. The van der Waals surface area contributed by atoms with E-state index in [0.29, 0.717) is 0 Å². The molecule has 0 aliphatic carbocycles. The zero-order valence-corrected chi connectivity index (χ0v) is 11.0. The molecular formula is C11H16N4O5. The van der Waals surface area contributed by atoms with E-state index in [2.05, 4.69) is 25.6 Å². The van der Waals surface area contributed by atoms with Gasteiger partial charge in [0.1, 0.15) is 6.04 Å². The number of carboxylic acids is 1. The summed E-state index contributed by atoms with van der Waals surface area (Å²) in [5.74, 6) is -2.04. The van der Waals surface area contributed by atoms with Crippen LogP contribution in [0.1, 0.15) is 24.9 Å². The van der Waals surface area contributed by atoms with E-state index >= 15 is 0 Å². The minimum atomic E-state index is -1.35. The summed E-state index contributed by atoms with van der Waals surface area (Å²) < 4.78 is 4.37. The third-order valence-electron chi connectivity index (χ3n) is 2.57. The van der Waals surface area contributed by atoms with E-state index in [1.807, 2.05) is 0 Å². The second-order valence-corrected chi connectivity index (χ2v) is 4.04. The first kappa shape index (κ1) is 15.5. The van der Waals surface area contributed by atoms with Crippen molar-refractivity contribution in [2.75, 3.05) is 7.11 Å². The van der Waals surface area contributed by atoms with Crippen molar-refractivity contribution in [2.45, 2.75) is 25.4 Å². The lowest BCUT2D eigenvalue weighted by Gasteiger charge is -2.17. The minimum absolute atomic E-state index is 0.360. The van der Waals surface area contributed by atoms with Crippen LogP contribution in [-0.4, -0.2) is 46.4 Å². The fourth-order valence-electron chi connectivity index (χ4n) is 1.43. The van der Waals surface area contributed by atoms with E-state index in [1.165, 1.54) is 6.20 Å². The maximum atomic E-state index is 11.7. The van der Waals surface area contributed by atoms with Crippen molar-refractivity contribution in [2.24, 2.45) is 0 Å². The van der Waals surface area contributed by atoms with Gasteiger partial charge in [-0.2, -0.15) is 5.10 Å². The van der Waals surface area contributed by atoms with Gasteiger partial charge in [-0.3, -0.25) is 9.89 Å². The van der Waals surface area contributed by atoms with Gasteiger partial charge in [-0.05, 0) is 6.92 Å². The second kappa shape index (κ2) is 7.12. The molecule has 0 saturated carbocycles. The summed E-state index contributed by atoms with van der Waals surface area (Å²) in [5, 5.41) is 20.0. The third kappa shape index (κ3) is 4.59. The highest BCUT2D eigenvalue weighted by atomic mass is 16.5. The summed E-state index contributed by atoms with van der Waals surface area (Å²) in [6, 6.07) is -2.41. The Morgan fingerprint density at radius 2 is 2.15 bits per heavy atom. The molecule has 0 bridgehead atoms. The monoisotopic (exact) mass is 284 g/mol. The molecule has 2 amide bonds. The van der Waals surface area contributed by atoms with Crippen LogP contribution in [0.15, 0.2) is 12.4 Å².